The number of hydrogen-bond acceptors (Lipinski definition) is 6. The van der Waals surface area contributed by atoms with Crippen LogP contribution in [0, 0.1) is 0 Å². The van der Waals surface area contributed by atoms with Gasteiger partial charge in [0.25, 0.3) is 0 Å². The molecule has 1 heterocycles. The van der Waals surface area contributed by atoms with Crippen LogP contribution in [-0.2, 0) is 17.8 Å². The van der Waals surface area contributed by atoms with Crippen molar-refractivity contribution in [2.75, 3.05) is 13.2 Å². The van der Waals surface area contributed by atoms with Crippen molar-refractivity contribution in [1.82, 2.24) is 25.6 Å². The molecule has 0 saturated carbocycles. The largest absolute Gasteiger partial charge is 0.444 e. The van der Waals surface area contributed by atoms with E-state index in [0.717, 1.165) is 5.69 Å². The van der Waals surface area contributed by atoms with Gasteiger partial charge in [-0.25, -0.2) is 9.48 Å². The minimum atomic E-state index is -0.507. The first-order valence-corrected chi connectivity index (χ1v) is 7.33. The molecule has 0 atom stereocenters. The summed E-state index contributed by atoms with van der Waals surface area (Å²) in [5, 5.41) is 22.8. The summed E-state index contributed by atoms with van der Waals surface area (Å²) in [6, 6.07) is 0. The third kappa shape index (κ3) is 7.37. The number of aromatic nitrogens is 3. The standard InChI is InChI=1S/C14H27N5O3/c1-13(2,3)22-12(21)15-10-14(4,5)16-8-11-9-19(6-7-20)18-17-11/h9,16,20H,6-8,10H2,1-5H3,(H,15,21). The van der Waals surface area contributed by atoms with E-state index >= 15 is 0 Å². The van der Waals surface area contributed by atoms with Crippen LogP contribution in [-0.4, -0.2) is 50.5 Å². The van der Waals surface area contributed by atoms with Crippen LogP contribution in [0.15, 0.2) is 6.20 Å². The fraction of sp³-hybridized carbons (Fsp3) is 0.786. The van der Waals surface area contributed by atoms with Gasteiger partial charge in [0.05, 0.1) is 18.8 Å². The molecule has 1 amide bonds. The molecule has 1 aromatic heterocycles. The number of aliphatic hydroxyl groups is 1. The maximum atomic E-state index is 11.6. The topological polar surface area (TPSA) is 101 Å². The molecule has 1 rings (SSSR count). The maximum Gasteiger partial charge on any atom is 0.407 e. The Bertz CT molecular complexity index is 479. The second-order valence-electron chi connectivity index (χ2n) is 6.79. The molecule has 126 valence electrons. The number of hydrogen-bond donors (Lipinski definition) is 3. The summed E-state index contributed by atoms with van der Waals surface area (Å²) in [6.07, 6.45) is 1.34. The first-order chi connectivity index (χ1) is 10.1. The van der Waals surface area contributed by atoms with Gasteiger partial charge in [0.15, 0.2) is 0 Å². The first kappa shape index (κ1) is 18.4. The Labute approximate surface area is 131 Å². The maximum absolute atomic E-state index is 11.6. The number of rotatable bonds is 7. The van der Waals surface area contributed by atoms with Crippen LogP contribution >= 0.6 is 0 Å². The summed E-state index contributed by atoms with van der Waals surface area (Å²) in [5.41, 5.74) is -0.0522. The van der Waals surface area contributed by atoms with Crippen molar-refractivity contribution in [3.8, 4) is 0 Å². The van der Waals surface area contributed by atoms with Crippen molar-refractivity contribution in [2.24, 2.45) is 0 Å². The molecular formula is C14H27N5O3. The molecule has 0 fully saturated rings. The molecular weight excluding hydrogens is 286 g/mol. The highest BCUT2D eigenvalue weighted by Gasteiger charge is 2.21. The van der Waals surface area contributed by atoms with Gasteiger partial charge in [-0.05, 0) is 34.6 Å². The number of amides is 1. The molecule has 22 heavy (non-hydrogen) atoms. The third-order valence-electron chi connectivity index (χ3n) is 2.74. The number of alkyl carbamates (subject to hydrolysis) is 1. The van der Waals surface area contributed by atoms with Crippen LogP contribution in [0.25, 0.3) is 0 Å². The van der Waals surface area contributed by atoms with Crippen molar-refractivity contribution in [3.63, 3.8) is 0 Å². The lowest BCUT2D eigenvalue weighted by Crippen LogP contribution is -2.49. The van der Waals surface area contributed by atoms with Gasteiger partial charge in [0, 0.05) is 24.8 Å². The van der Waals surface area contributed by atoms with Crippen molar-refractivity contribution >= 4 is 6.09 Å². The van der Waals surface area contributed by atoms with E-state index in [1.807, 2.05) is 34.6 Å². The number of nitrogens with one attached hydrogen (secondary N) is 2. The monoisotopic (exact) mass is 313 g/mol. The van der Waals surface area contributed by atoms with E-state index in [1.165, 1.54) is 0 Å². The molecule has 0 aromatic carbocycles. The van der Waals surface area contributed by atoms with Crippen molar-refractivity contribution in [3.05, 3.63) is 11.9 Å². The Morgan fingerprint density at radius 2 is 2.05 bits per heavy atom. The SMILES string of the molecule is CC(C)(CNC(=O)OC(C)(C)C)NCc1cn(CCO)nn1. The number of aliphatic hydroxyl groups excluding tert-OH is 1. The van der Waals surface area contributed by atoms with Gasteiger partial charge in [-0.3, -0.25) is 0 Å². The average molecular weight is 313 g/mol. The smallest absolute Gasteiger partial charge is 0.407 e. The molecule has 8 heteroatoms. The van der Waals surface area contributed by atoms with Gasteiger partial charge in [-0.2, -0.15) is 0 Å². The van der Waals surface area contributed by atoms with Gasteiger partial charge < -0.3 is 20.5 Å². The lowest BCUT2D eigenvalue weighted by atomic mass is 10.1. The quantitative estimate of drug-likeness (QED) is 0.684. The zero-order chi connectivity index (χ0) is 16.8. The number of nitrogens with zero attached hydrogens (tertiary/aromatic N) is 3. The molecule has 0 aliphatic rings. The summed E-state index contributed by atoms with van der Waals surface area (Å²) in [5.74, 6) is 0. The van der Waals surface area contributed by atoms with Crippen molar-refractivity contribution in [1.29, 1.82) is 0 Å². The van der Waals surface area contributed by atoms with E-state index in [4.69, 9.17) is 9.84 Å². The predicted octanol–water partition coefficient (Wildman–Crippen LogP) is 0.663. The minimum absolute atomic E-state index is 0.0293. The lowest BCUT2D eigenvalue weighted by molar-refractivity contribution is 0.0513. The number of carbonyl (C=O) groups is 1. The van der Waals surface area contributed by atoms with E-state index in [-0.39, 0.29) is 12.1 Å². The zero-order valence-corrected chi connectivity index (χ0v) is 14.0. The van der Waals surface area contributed by atoms with Crippen LogP contribution in [0.5, 0.6) is 0 Å². The molecule has 0 aliphatic carbocycles. The summed E-state index contributed by atoms with van der Waals surface area (Å²) >= 11 is 0. The van der Waals surface area contributed by atoms with Crippen LogP contribution in [0.4, 0.5) is 4.79 Å². The highest BCUT2D eigenvalue weighted by atomic mass is 16.6. The summed E-state index contributed by atoms with van der Waals surface area (Å²) in [4.78, 5) is 11.6. The summed E-state index contributed by atoms with van der Waals surface area (Å²) in [7, 11) is 0. The Hall–Kier alpha value is -1.67. The van der Waals surface area contributed by atoms with E-state index in [9.17, 15) is 4.79 Å². The second-order valence-corrected chi connectivity index (χ2v) is 6.79. The van der Waals surface area contributed by atoms with Crippen LogP contribution in [0.3, 0.4) is 0 Å². The molecule has 0 bridgehead atoms. The Balaban J connectivity index is 2.38. The van der Waals surface area contributed by atoms with Gasteiger partial charge in [-0.15, -0.1) is 5.10 Å². The third-order valence-corrected chi connectivity index (χ3v) is 2.74. The normalized spacial score (nSPS) is 12.3. The Kier molecular flexibility index (Phi) is 6.31. The highest BCUT2D eigenvalue weighted by Crippen LogP contribution is 2.07. The van der Waals surface area contributed by atoms with E-state index in [2.05, 4.69) is 20.9 Å². The van der Waals surface area contributed by atoms with E-state index in [1.54, 1.807) is 10.9 Å². The molecule has 0 saturated heterocycles. The second kappa shape index (κ2) is 7.55. The molecule has 1 aromatic rings. The zero-order valence-electron chi connectivity index (χ0n) is 14.0. The van der Waals surface area contributed by atoms with Crippen LogP contribution in [0.2, 0.25) is 0 Å². The van der Waals surface area contributed by atoms with E-state index in [0.29, 0.717) is 19.6 Å². The number of ether oxygens (including phenoxy) is 1. The van der Waals surface area contributed by atoms with Crippen LogP contribution < -0.4 is 10.6 Å². The van der Waals surface area contributed by atoms with Crippen LogP contribution in [0.1, 0.15) is 40.3 Å². The fourth-order valence-corrected chi connectivity index (χ4v) is 1.63. The van der Waals surface area contributed by atoms with Gasteiger partial charge >= 0.3 is 6.09 Å². The molecule has 8 nitrogen and oxygen atoms in total. The number of carbonyl (C=O) groups excluding carboxylic acids is 1. The van der Waals surface area contributed by atoms with Crippen molar-refractivity contribution < 1.29 is 14.6 Å². The molecule has 3 N–H and O–H groups in total. The van der Waals surface area contributed by atoms with Gasteiger partial charge in [-0.1, -0.05) is 5.21 Å². The van der Waals surface area contributed by atoms with Gasteiger partial charge in [0.1, 0.15) is 5.60 Å². The molecule has 0 spiro atoms. The average Bonchev–Trinajstić information content (AvgIpc) is 2.81. The first-order valence-electron chi connectivity index (χ1n) is 7.33. The lowest BCUT2D eigenvalue weighted by Gasteiger charge is -2.27. The fourth-order valence-electron chi connectivity index (χ4n) is 1.63. The highest BCUT2D eigenvalue weighted by molar-refractivity contribution is 5.67. The minimum Gasteiger partial charge on any atom is -0.444 e. The van der Waals surface area contributed by atoms with Gasteiger partial charge in [0.2, 0.25) is 0 Å². The summed E-state index contributed by atoms with van der Waals surface area (Å²) in [6.45, 7) is 10.8. The van der Waals surface area contributed by atoms with Crippen molar-refractivity contribution in [2.45, 2.75) is 58.8 Å². The Morgan fingerprint density at radius 3 is 2.64 bits per heavy atom. The molecule has 0 aliphatic heterocycles. The molecule has 0 unspecified atom stereocenters. The predicted molar refractivity (Wildman–Crippen MR) is 82.3 cm³/mol. The van der Waals surface area contributed by atoms with E-state index < -0.39 is 11.7 Å². The Morgan fingerprint density at radius 1 is 1.36 bits per heavy atom. The molecule has 0 radical (unpaired) electrons. The summed E-state index contributed by atoms with van der Waals surface area (Å²) < 4.78 is 6.79.